The second kappa shape index (κ2) is 5.83. The van der Waals surface area contributed by atoms with Crippen LogP contribution in [0.1, 0.15) is 13.8 Å². The molecule has 0 fully saturated rings. The lowest BCUT2D eigenvalue weighted by Crippen LogP contribution is -2.41. The Labute approximate surface area is 140 Å². The number of phenolic OH excluding ortho intramolecular Hbond substituents is 1. The van der Waals surface area contributed by atoms with Gasteiger partial charge in [-0.1, -0.05) is 13.0 Å². The number of benzene rings is 2. The molecule has 1 aliphatic heterocycles. The van der Waals surface area contributed by atoms with Gasteiger partial charge in [0, 0.05) is 6.07 Å². The van der Waals surface area contributed by atoms with Crippen LogP contribution in [-0.4, -0.2) is 31.3 Å². The number of ether oxygens (including phenoxy) is 1. The molecule has 3 rings (SSSR count). The predicted octanol–water partition coefficient (Wildman–Crippen LogP) is 2.63. The number of rotatable bonds is 3. The van der Waals surface area contributed by atoms with Gasteiger partial charge in [-0.05, 0) is 37.3 Å². The molecule has 1 amide bonds. The molecule has 2 aromatic carbocycles. The Morgan fingerprint density at radius 2 is 1.96 bits per heavy atom. The van der Waals surface area contributed by atoms with Gasteiger partial charge in [-0.25, -0.2) is 8.42 Å². The summed E-state index contributed by atoms with van der Waals surface area (Å²) >= 11 is 0. The first kappa shape index (κ1) is 16.3. The lowest BCUT2D eigenvalue weighted by molar-refractivity contribution is -0.124. The minimum Gasteiger partial charge on any atom is -0.508 e. The molecule has 0 aromatic heterocycles. The van der Waals surface area contributed by atoms with Crippen LogP contribution in [0.2, 0.25) is 0 Å². The predicted molar refractivity (Wildman–Crippen MR) is 89.5 cm³/mol. The van der Waals surface area contributed by atoms with Gasteiger partial charge in [-0.3, -0.25) is 9.69 Å². The van der Waals surface area contributed by atoms with Crippen LogP contribution < -0.4 is 9.64 Å². The maximum Gasteiger partial charge on any atom is 0.272 e. The summed E-state index contributed by atoms with van der Waals surface area (Å²) in [4.78, 5) is 14.1. The van der Waals surface area contributed by atoms with Crippen molar-refractivity contribution in [3.63, 3.8) is 0 Å². The Hall–Kier alpha value is -2.54. The number of nitrogens with zero attached hydrogens (tertiary/aromatic N) is 1. The molecule has 2 aromatic rings. The van der Waals surface area contributed by atoms with Crippen molar-refractivity contribution < 1.29 is 23.1 Å². The standard InChI is InChI=1S/C17H17NO5S/c1-3-24(21,22)14-7-8-16-15(10-14)18(17(20)11(2)23-16)12-5-4-6-13(19)9-12/h4-11,19H,3H2,1-2H3. The van der Waals surface area contributed by atoms with Gasteiger partial charge in [-0.2, -0.15) is 0 Å². The summed E-state index contributed by atoms with van der Waals surface area (Å²) < 4.78 is 29.9. The van der Waals surface area contributed by atoms with Gasteiger partial charge >= 0.3 is 0 Å². The maximum atomic E-state index is 12.6. The van der Waals surface area contributed by atoms with Gasteiger partial charge in [-0.15, -0.1) is 0 Å². The Morgan fingerprint density at radius 3 is 2.62 bits per heavy atom. The van der Waals surface area contributed by atoms with Crippen molar-refractivity contribution in [3.05, 3.63) is 42.5 Å². The summed E-state index contributed by atoms with van der Waals surface area (Å²) in [5.41, 5.74) is 0.792. The quantitative estimate of drug-likeness (QED) is 0.923. The van der Waals surface area contributed by atoms with E-state index in [0.717, 1.165) is 0 Å². The molecule has 7 heteroatoms. The van der Waals surface area contributed by atoms with Crippen LogP contribution in [-0.2, 0) is 14.6 Å². The zero-order chi connectivity index (χ0) is 17.5. The van der Waals surface area contributed by atoms with E-state index in [1.165, 1.54) is 29.2 Å². The Kier molecular flexibility index (Phi) is 3.96. The number of hydrogen-bond donors (Lipinski definition) is 1. The topological polar surface area (TPSA) is 83.9 Å². The van der Waals surface area contributed by atoms with Gasteiger partial charge in [0.15, 0.2) is 15.9 Å². The SMILES string of the molecule is CCS(=O)(=O)c1ccc2c(c1)N(c1cccc(O)c1)C(=O)C(C)O2. The Bertz CT molecular complexity index is 907. The Morgan fingerprint density at radius 1 is 1.21 bits per heavy atom. The highest BCUT2D eigenvalue weighted by molar-refractivity contribution is 7.91. The number of phenols is 1. The first-order valence-electron chi connectivity index (χ1n) is 7.50. The molecular formula is C17H17NO5S. The summed E-state index contributed by atoms with van der Waals surface area (Å²) in [7, 11) is -3.42. The van der Waals surface area contributed by atoms with Gasteiger partial charge in [0.25, 0.3) is 5.91 Å². The second-order valence-electron chi connectivity index (χ2n) is 5.49. The fraction of sp³-hybridized carbons (Fsp3) is 0.235. The van der Waals surface area contributed by atoms with Crippen molar-refractivity contribution in [1.29, 1.82) is 0 Å². The Balaban J connectivity index is 2.21. The number of carbonyl (C=O) groups excluding carboxylic acids is 1. The third-order valence-corrected chi connectivity index (χ3v) is 5.60. The lowest BCUT2D eigenvalue weighted by atomic mass is 10.1. The number of aromatic hydroxyl groups is 1. The van der Waals surface area contributed by atoms with Crippen LogP contribution in [0, 0.1) is 0 Å². The second-order valence-corrected chi connectivity index (χ2v) is 7.76. The fourth-order valence-corrected chi connectivity index (χ4v) is 3.47. The van der Waals surface area contributed by atoms with Crippen molar-refractivity contribution in [1.82, 2.24) is 0 Å². The highest BCUT2D eigenvalue weighted by Crippen LogP contribution is 2.41. The normalized spacial score (nSPS) is 17.3. The highest BCUT2D eigenvalue weighted by atomic mass is 32.2. The molecule has 0 bridgehead atoms. The molecule has 1 aliphatic rings. The van der Waals surface area contributed by atoms with Crippen molar-refractivity contribution >= 4 is 27.1 Å². The first-order chi connectivity index (χ1) is 11.3. The van der Waals surface area contributed by atoms with E-state index in [9.17, 15) is 18.3 Å². The zero-order valence-electron chi connectivity index (χ0n) is 13.3. The van der Waals surface area contributed by atoms with E-state index in [2.05, 4.69) is 0 Å². The summed E-state index contributed by atoms with van der Waals surface area (Å²) in [5.74, 6) is 0.0568. The molecule has 24 heavy (non-hydrogen) atoms. The molecule has 0 aliphatic carbocycles. The van der Waals surface area contributed by atoms with E-state index >= 15 is 0 Å². The van der Waals surface area contributed by atoms with Gasteiger partial charge in [0.1, 0.15) is 11.5 Å². The average molecular weight is 347 g/mol. The summed E-state index contributed by atoms with van der Waals surface area (Å²) in [6.45, 7) is 3.18. The van der Waals surface area contributed by atoms with Crippen LogP contribution in [0.15, 0.2) is 47.4 Å². The van der Waals surface area contributed by atoms with Crippen LogP contribution in [0.25, 0.3) is 0 Å². The number of carbonyl (C=O) groups is 1. The molecule has 0 saturated carbocycles. The molecule has 0 saturated heterocycles. The van der Waals surface area contributed by atoms with E-state index in [0.29, 0.717) is 17.1 Å². The van der Waals surface area contributed by atoms with Crippen molar-refractivity contribution in [2.24, 2.45) is 0 Å². The highest BCUT2D eigenvalue weighted by Gasteiger charge is 2.33. The number of fused-ring (bicyclic) bond motifs is 1. The third-order valence-electron chi connectivity index (χ3n) is 3.87. The molecule has 1 unspecified atom stereocenters. The van der Waals surface area contributed by atoms with Crippen LogP contribution in [0.5, 0.6) is 11.5 Å². The molecule has 0 radical (unpaired) electrons. The van der Waals surface area contributed by atoms with E-state index in [4.69, 9.17) is 4.74 Å². The molecule has 1 N–H and O–H groups in total. The van der Waals surface area contributed by atoms with Crippen molar-refractivity contribution in [2.75, 3.05) is 10.7 Å². The molecule has 0 spiro atoms. The van der Waals surface area contributed by atoms with Crippen LogP contribution in [0.3, 0.4) is 0 Å². The van der Waals surface area contributed by atoms with Gasteiger partial charge in [0.05, 0.1) is 22.0 Å². The van der Waals surface area contributed by atoms with Crippen molar-refractivity contribution in [2.45, 2.75) is 24.8 Å². The molecule has 1 heterocycles. The zero-order valence-corrected chi connectivity index (χ0v) is 14.1. The molecular weight excluding hydrogens is 330 g/mol. The van der Waals surface area contributed by atoms with Gasteiger partial charge < -0.3 is 9.84 Å². The minimum absolute atomic E-state index is 0.0123. The van der Waals surface area contributed by atoms with E-state index in [-0.39, 0.29) is 22.3 Å². The summed E-state index contributed by atoms with van der Waals surface area (Å²) in [6, 6.07) is 10.7. The summed E-state index contributed by atoms with van der Waals surface area (Å²) in [6.07, 6.45) is -0.714. The number of anilines is 2. The van der Waals surface area contributed by atoms with Crippen LogP contribution >= 0.6 is 0 Å². The minimum atomic E-state index is -3.42. The third kappa shape index (κ3) is 2.71. The van der Waals surface area contributed by atoms with Gasteiger partial charge in [0.2, 0.25) is 0 Å². The average Bonchev–Trinajstić information content (AvgIpc) is 2.55. The smallest absolute Gasteiger partial charge is 0.272 e. The molecule has 126 valence electrons. The lowest BCUT2D eigenvalue weighted by Gasteiger charge is -2.33. The largest absolute Gasteiger partial charge is 0.508 e. The number of amides is 1. The monoisotopic (exact) mass is 347 g/mol. The maximum absolute atomic E-state index is 12.6. The number of sulfone groups is 1. The van der Waals surface area contributed by atoms with Crippen LogP contribution in [0.4, 0.5) is 11.4 Å². The molecule has 6 nitrogen and oxygen atoms in total. The fourth-order valence-electron chi connectivity index (χ4n) is 2.57. The number of hydrogen-bond acceptors (Lipinski definition) is 5. The van der Waals surface area contributed by atoms with Crippen molar-refractivity contribution in [3.8, 4) is 11.5 Å². The van der Waals surface area contributed by atoms with E-state index in [1.54, 1.807) is 32.0 Å². The first-order valence-corrected chi connectivity index (χ1v) is 9.15. The molecule has 1 atom stereocenters. The summed E-state index contributed by atoms with van der Waals surface area (Å²) in [5, 5.41) is 9.70. The van der Waals surface area contributed by atoms with E-state index in [1.807, 2.05) is 0 Å². The van der Waals surface area contributed by atoms with E-state index < -0.39 is 15.9 Å².